The smallest absolute Gasteiger partial charge is 0.410 e. The molecule has 5 heteroatoms. The number of carbonyl (C=O) groups is 2. The fraction of sp³-hybridized carbons (Fsp3) is 0.857. The topological polar surface area (TPSA) is 66.8 Å². The molecule has 0 spiro atoms. The van der Waals surface area contributed by atoms with Crippen LogP contribution in [0.15, 0.2) is 0 Å². The largest absolute Gasteiger partial charge is 0.444 e. The molecule has 0 saturated carbocycles. The van der Waals surface area contributed by atoms with Crippen LogP contribution in [0, 0.1) is 5.41 Å². The summed E-state index contributed by atoms with van der Waals surface area (Å²) in [5.74, 6) is -0.142. The Morgan fingerprint density at radius 1 is 1.26 bits per heavy atom. The lowest BCUT2D eigenvalue weighted by atomic mass is 9.75. The molecule has 1 rings (SSSR count). The van der Waals surface area contributed by atoms with E-state index in [4.69, 9.17) is 4.74 Å². The zero-order valence-electron chi connectivity index (χ0n) is 12.5. The van der Waals surface area contributed by atoms with Crippen LogP contribution in [0.2, 0.25) is 0 Å². The zero-order chi connectivity index (χ0) is 14.8. The summed E-state index contributed by atoms with van der Waals surface area (Å²) in [6.45, 7) is 9.82. The zero-order valence-corrected chi connectivity index (χ0v) is 12.5. The summed E-state index contributed by atoms with van der Waals surface area (Å²) < 4.78 is 5.31. The number of aliphatic hydroxyl groups excluding tert-OH is 1. The summed E-state index contributed by atoms with van der Waals surface area (Å²) in [4.78, 5) is 25.5. The first-order chi connectivity index (χ1) is 8.55. The minimum Gasteiger partial charge on any atom is -0.444 e. The maximum atomic E-state index is 11.9. The van der Waals surface area contributed by atoms with Crippen LogP contribution in [0.5, 0.6) is 0 Å². The van der Waals surface area contributed by atoms with Gasteiger partial charge in [-0.2, -0.15) is 0 Å². The minimum absolute atomic E-state index is 0.142. The molecule has 0 radical (unpaired) electrons. The van der Waals surface area contributed by atoms with Crippen LogP contribution in [-0.2, 0) is 9.53 Å². The van der Waals surface area contributed by atoms with Gasteiger partial charge in [-0.25, -0.2) is 4.79 Å². The van der Waals surface area contributed by atoms with Gasteiger partial charge in [0.25, 0.3) is 0 Å². The average Bonchev–Trinajstić information content (AvgIpc) is 2.26. The molecule has 1 aliphatic heterocycles. The van der Waals surface area contributed by atoms with Gasteiger partial charge in [-0.05, 0) is 40.5 Å². The summed E-state index contributed by atoms with van der Waals surface area (Å²) in [7, 11) is 0. The number of rotatable bonds is 2. The Kier molecular flexibility index (Phi) is 4.61. The van der Waals surface area contributed by atoms with E-state index in [1.807, 2.05) is 27.7 Å². The standard InChI is InChI=1S/C14H25NO4/c1-10(16)11(17)14(5)6-8-15(9-7-14)12(18)19-13(2,3)4/h10,16H,6-9H2,1-5H3. The number of piperidine rings is 1. The Morgan fingerprint density at radius 3 is 2.11 bits per heavy atom. The Bertz CT molecular complexity index is 349. The third-order valence-electron chi connectivity index (χ3n) is 3.49. The van der Waals surface area contributed by atoms with E-state index in [2.05, 4.69) is 0 Å². The van der Waals surface area contributed by atoms with Gasteiger partial charge in [0.15, 0.2) is 5.78 Å². The highest BCUT2D eigenvalue weighted by Gasteiger charge is 2.40. The second-order valence-electron chi connectivity index (χ2n) is 6.57. The van der Waals surface area contributed by atoms with E-state index in [0.29, 0.717) is 25.9 Å². The average molecular weight is 271 g/mol. The molecule has 1 heterocycles. The van der Waals surface area contributed by atoms with E-state index in [9.17, 15) is 14.7 Å². The minimum atomic E-state index is -0.946. The van der Waals surface area contributed by atoms with Gasteiger partial charge in [0.1, 0.15) is 11.7 Å². The summed E-state index contributed by atoms with van der Waals surface area (Å²) in [6, 6.07) is 0. The first kappa shape index (κ1) is 16.0. The maximum absolute atomic E-state index is 11.9. The monoisotopic (exact) mass is 271 g/mol. The van der Waals surface area contributed by atoms with Crippen molar-refractivity contribution in [2.45, 2.75) is 59.2 Å². The lowest BCUT2D eigenvalue weighted by Crippen LogP contribution is -2.48. The van der Waals surface area contributed by atoms with Crippen molar-refractivity contribution in [3.63, 3.8) is 0 Å². The molecule has 1 unspecified atom stereocenters. The van der Waals surface area contributed by atoms with Crippen LogP contribution in [0.25, 0.3) is 0 Å². The molecule has 0 aromatic rings. The Morgan fingerprint density at radius 2 is 1.74 bits per heavy atom. The molecular weight excluding hydrogens is 246 g/mol. The second kappa shape index (κ2) is 5.49. The van der Waals surface area contributed by atoms with Crippen LogP contribution in [0.4, 0.5) is 4.79 Å². The van der Waals surface area contributed by atoms with E-state index in [0.717, 1.165) is 0 Å². The number of Topliss-reactive ketones (excluding diaryl/α,β-unsaturated/α-hetero) is 1. The van der Waals surface area contributed by atoms with Gasteiger partial charge in [-0.3, -0.25) is 4.79 Å². The summed E-state index contributed by atoms with van der Waals surface area (Å²) in [5, 5.41) is 9.41. The van der Waals surface area contributed by atoms with Crippen LogP contribution < -0.4 is 0 Å². The van der Waals surface area contributed by atoms with Crippen molar-refractivity contribution in [2.24, 2.45) is 5.41 Å². The number of ketones is 1. The molecule has 0 aromatic heterocycles. The SMILES string of the molecule is CC(O)C(=O)C1(C)CCN(C(=O)OC(C)(C)C)CC1. The van der Waals surface area contributed by atoms with Crippen LogP contribution >= 0.6 is 0 Å². The van der Waals surface area contributed by atoms with Crippen molar-refractivity contribution in [2.75, 3.05) is 13.1 Å². The molecule has 0 aromatic carbocycles. The van der Waals surface area contributed by atoms with E-state index < -0.39 is 17.1 Å². The van der Waals surface area contributed by atoms with Gasteiger partial charge in [-0.15, -0.1) is 0 Å². The fourth-order valence-corrected chi connectivity index (χ4v) is 2.26. The number of hydrogen-bond donors (Lipinski definition) is 1. The summed E-state index contributed by atoms with van der Waals surface area (Å²) >= 11 is 0. The van der Waals surface area contributed by atoms with Crippen molar-refractivity contribution in [3.8, 4) is 0 Å². The molecule has 19 heavy (non-hydrogen) atoms. The molecule has 1 fully saturated rings. The van der Waals surface area contributed by atoms with E-state index in [1.54, 1.807) is 4.90 Å². The van der Waals surface area contributed by atoms with Crippen LogP contribution in [0.3, 0.4) is 0 Å². The lowest BCUT2D eigenvalue weighted by molar-refractivity contribution is -0.138. The predicted molar refractivity (Wildman–Crippen MR) is 71.8 cm³/mol. The van der Waals surface area contributed by atoms with Crippen molar-refractivity contribution in [3.05, 3.63) is 0 Å². The number of likely N-dealkylation sites (tertiary alicyclic amines) is 1. The molecule has 1 aliphatic rings. The van der Waals surface area contributed by atoms with E-state index in [-0.39, 0.29) is 11.9 Å². The van der Waals surface area contributed by atoms with Crippen LogP contribution in [-0.4, -0.2) is 46.7 Å². The third-order valence-corrected chi connectivity index (χ3v) is 3.49. The van der Waals surface area contributed by atoms with E-state index >= 15 is 0 Å². The van der Waals surface area contributed by atoms with E-state index in [1.165, 1.54) is 6.92 Å². The van der Waals surface area contributed by atoms with Gasteiger partial charge in [0.05, 0.1) is 0 Å². The maximum Gasteiger partial charge on any atom is 0.410 e. The quantitative estimate of drug-likeness (QED) is 0.834. The molecule has 1 N–H and O–H groups in total. The van der Waals surface area contributed by atoms with Gasteiger partial charge in [-0.1, -0.05) is 6.92 Å². The van der Waals surface area contributed by atoms with Crippen molar-refractivity contribution < 1.29 is 19.4 Å². The fourth-order valence-electron chi connectivity index (χ4n) is 2.26. The number of nitrogens with zero attached hydrogens (tertiary/aromatic N) is 1. The Balaban J connectivity index is 2.58. The number of aliphatic hydroxyl groups is 1. The summed E-state index contributed by atoms with van der Waals surface area (Å²) in [5.41, 5.74) is -1.04. The third kappa shape index (κ3) is 4.20. The number of hydrogen-bond acceptors (Lipinski definition) is 4. The Labute approximate surface area is 114 Å². The van der Waals surface area contributed by atoms with Gasteiger partial charge < -0.3 is 14.7 Å². The van der Waals surface area contributed by atoms with Crippen molar-refractivity contribution in [1.82, 2.24) is 4.90 Å². The highest BCUT2D eigenvalue weighted by atomic mass is 16.6. The first-order valence-corrected chi connectivity index (χ1v) is 6.75. The molecule has 0 bridgehead atoms. The molecule has 110 valence electrons. The van der Waals surface area contributed by atoms with Gasteiger partial charge in [0.2, 0.25) is 0 Å². The van der Waals surface area contributed by atoms with Crippen molar-refractivity contribution >= 4 is 11.9 Å². The molecule has 5 nitrogen and oxygen atoms in total. The number of carbonyl (C=O) groups excluding carboxylic acids is 2. The van der Waals surface area contributed by atoms with Gasteiger partial charge in [0, 0.05) is 18.5 Å². The molecule has 1 atom stereocenters. The molecule has 0 aliphatic carbocycles. The molecule has 1 amide bonds. The molecule has 1 saturated heterocycles. The predicted octanol–water partition coefficient (Wildman–Crippen LogP) is 1.97. The Hall–Kier alpha value is -1.10. The summed E-state index contributed by atoms with van der Waals surface area (Å²) in [6.07, 6.45) is -0.150. The van der Waals surface area contributed by atoms with Crippen molar-refractivity contribution in [1.29, 1.82) is 0 Å². The van der Waals surface area contributed by atoms with Crippen LogP contribution in [0.1, 0.15) is 47.5 Å². The molecular formula is C14H25NO4. The number of ether oxygens (including phenoxy) is 1. The highest BCUT2D eigenvalue weighted by molar-refractivity contribution is 5.88. The lowest BCUT2D eigenvalue weighted by Gasteiger charge is -2.39. The first-order valence-electron chi connectivity index (χ1n) is 6.75. The highest BCUT2D eigenvalue weighted by Crippen LogP contribution is 2.33. The normalized spacial score (nSPS) is 20.8. The second-order valence-corrected chi connectivity index (χ2v) is 6.57. The number of amides is 1. The van der Waals surface area contributed by atoms with Gasteiger partial charge >= 0.3 is 6.09 Å².